The summed E-state index contributed by atoms with van der Waals surface area (Å²) in [5, 5.41) is 11.2. The normalized spacial score (nSPS) is 12.9. The van der Waals surface area contributed by atoms with E-state index in [1.54, 1.807) is 6.20 Å². The molecule has 2 rings (SSSR count). The van der Waals surface area contributed by atoms with E-state index in [0.29, 0.717) is 6.04 Å². The fourth-order valence-corrected chi connectivity index (χ4v) is 2.44. The maximum Gasteiger partial charge on any atom is 0.0692 e. The maximum atomic E-state index is 3.92. The van der Waals surface area contributed by atoms with E-state index in [1.165, 1.54) is 9.75 Å². The first-order valence-corrected chi connectivity index (χ1v) is 6.21. The van der Waals surface area contributed by atoms with Gasteiger partial charge in [-0.3, -0.25) is 4.68 Å². The van der Waals surface area contributed by atoms with Gasteiger partial charge < -0.3 is 5.32 Å². The molecule has 1 atom stereocenters. The van der Waals surface area contributed by atoms with Crippen LogP contribution in [0.2, 0.25) is 0 Å². The third-order valence-corrected chi connectivity index (χ3v) is 3.63. The molecule has 2 aromatic heterocycles. The van der Waals surface area contributed by atoms with Gasteiger partial charge in [-0.2, -0.15) is 0 Å². The second kappa shape index (κ2) is 5.23. The first-order chi connectivity index (χ1) is 7.75. The Bertz CT molecular complexity index is 421. The highest BCUT2D eigenvalue weighted by molar-refractivity contribution is 7.12. The second-order valence-corrected chi connectivity index (χ2v) is 5.11. The van der Waals surface area contributed by atoms with Crippen molar-refractivity contribution >= 4 is 11.3 Å². The zero-order valence-corrected chi connectivity index (χ0v) is 10.4. The third kappa shape index (κ3) is 2.90. The van der Waals surface area contributed by atoms with Crippen LogP contribution in [-0.2, 0) is 6.54 Å². The minimum Gasteiger partial charge on any atom is -0.308 e. The van der Waals surface area contributed by atoms with Gasteiger partial charge >= 0.3 is 0 Å². The third-order valence-electron chi connectivity index (χ3n) is 2.45. The van der Waals surface area contributed by atoms with Gasteiger partial charge in [-0.25, -0.2) is 0 Å². The van der Waals surface area contributed by atoms with Gasteiger partial charge in [-0.15, -0.1) is 16.4 Å². The Kier molecular flexibility index (Phi) is 3.69. The van der Waals surface area contributed by atoms with Gasteiger partial charge in [-0.05, 0) is 26.0 Å². The lowest BCUT2D eigenvalue weighted by Gasteiger charge is -2.11. The van der Waals surface area contributed by atoms with Crippen molar-refractivity contribution in [3.05, 3.63) is 34.3 Å². The fraction of sp³-hybridized carbons (Fsp3) is 0.455. The largest absolute Gasteiger partial charge is 0.308 e. The summed E-state index contributed by atoms with van der Waals surface area (Å²) in [6.07, 6.45) is 3.58. The number of nitrogens with zero attached hydrogens (tertiary/aromatic N) is 3. The summed E-state index contributed by atoms with van der Waals surface area (Å²) in [7, 11) is 0. The minimum absolute atomic E-state index is 0.405. The van der Waals surface area contributed by atoms with Crippen LogP contribution in [-0.4, -0.2) is 21.5 Å². The monoisotopic (exact) mass is 236 g/mol. The molecule has 0 aliphatic rings. The van der Waals surface area contributed by atoms with Crippen molar-refractivity contribution in [2.75, 3.05) is 6.54 Å². The van der Waals surface area contributed by atoms with Crippen LogP contribution in [0.5, 0.6) is 0 Å². The Morgan fingerprint density at radius 3 is 3.00 bits per heavy atom. The van der Waals surface area contributed by atoms with Gasteiger partial charge in [0.2, 0.25) is 0 Å². The molecule has 0 fully saturated rings. The molecule has 0 aromatic carbocycles. The Hall–Kier alpha value is -1.20. The summed E-state index contributed by atoms with van der Waals surface area (Å²) in [5.74, 6) is 0. The smallest absolute Gasteiger partial charge is 0.0692 e. The summed E-state index contributed by atoms with van der Waals surface area (Å²) in [5.41, 5.74) is 0. The molecule has 0 saturated heterocycles. The van der Waals surface area contributed by atoms with Crippen molar-refractivity contribution in [1.29, 1.82) is 0 Å². The van der Waals surface area contributed by atoms with Crippen LogP contribution >= 0.6 is 11.3 Å². The molecular formula is C11H16N4S. The quantitative estimate of drug-likeness (QED) is 0.863. The Morgan fingerprint density at radius 1 is 1.50 bits per heavy atom. The van der Waals surface area contributed by atoms with E-state index in [-0.39, 0.29) is 0 Å². The van der Waals surface area contributed by atoms with Crippen LogP contribution in [0.3, 0.4) is 0 Å². The Balaban J connectivity index is 1.78. The molecule has 0 bridgehead atoms. The number of thiophene rings is 1. The molecule has 0 aliphatic carbocycles. The van der Waals surface area contributed by atoms with Crippen LogP contribution in [0.4, 0.5) is 0 Å². The lowest BCUT2D eigenvalue weighted by Crippen LogP contribution is -2.23. The van der Waals surface area contributed by atoms with E-state index < -0.39 is 0 Å². The number of aromatic nitrogens is 3. The molecule has 0 spiro atoms. The highest BCUT2D eigenvalue weighted by Gasteiger charge is 2.06. The van der Waals surface area contributed by atoms with Gasteiger partial charge in [-0.1, -0.05) is 5.21 Å². The maximum absolute atomic E-state index is 3.92. The van der Waals surface area contributed by atoms with Gasteiger partial charge in [0.1, 0.15) is 0 Å². The SMILES string of the molecule is Cc1ccc(C(C)NCCn2ccnn2)s1. The standard InChI is InChI=1S/C11H16N4S/c1-9-3-4-11(16-9)10(2)12-5-7-15-8-6-13-14-15/h3-4,6,8,10,12H,5,7H2,1-2H3. The predicted octanol–water partition coefficient (Wildman–Crippen LogP) is 2.00. The molecule has 86 valence electrons. The molecule has 2 heterocycles. The molecule has 16 heavy (non-hydrogen) atoms. The Labute approximate surface area is 99.3 Å². The van der Waals surface area contributed by atoms with Crippen LogP contribution in [0.1, 0.15) is 22.7 Å². The van der Waals surface area contributed by atoms with E-state index in [0.717, 1.165) is 13.1 Å². The minimum atomic E-state index is 0.405. The molecule has 0 aliphatic heterocycles. The lowest BCUT2D eigenvalue weighted by atomic mass is 10.3. The summed E-state index contributed by atoms with van der Waals surface area (Å²) >= 11 is 1.85. The molecule has 0 radical (unpaired) electrons. The molecule has 5 heteroatoms. The summed E-state index contributed by atoms with van der Waals surface area (Å²) < 4.78 is 1.83. The number of nitrogens with one attached hydrogen (secondary N) is 1. The zero-order chi connectivity index (χ0) is 11.4. The highest BCUT2D eigenvalue weighted by atomic mass is 32.1. The van der Waals surface area contributed by atoms with Crippen LogP contribution in [0.25, 0.3) is 0 Å². The molecule has 0 saturated carbocycles. The number of hydrogen-bond acceptors (Lipinski definition) is 4. The average molecular weight is 236 g/mol. The topological polar surface area (TPSA) is 42.7 Å². The van der Waals surface area contributed by atoms with Crippen molar-refractivity contribution in [3.8, 4) is 0 Å². The number of hydrogen-bond donors (Lipinski definition) is 1. The highest BCUT2D eigenvalue weighted by Crippen LogP contribution is 2.21. The second-order valence-electron chi connectivity index (χ2n) is 3.79. The van der Waals surface area contributed by atoms with E-state index in [2.05, 4.69) is 41.6 Å². The van der Waals surface area contributed by atoms with Gasteiger partial charge in [0.25, 0.3) is 0 Å². The van der Waals surface area contributed by atoms with Crippen molar-refractivity contribution in [3.63, 3.8) is 0 Å². The first kappa shape index (κ1) is 11.3. The van der Waals surface area contributed by atoms with E-state index in [9.17, 15) is 0 Å². The van der Waals surface area contributed by atoms with Crippen molar-refractivity contribution < 1.29 is 0 Å². The Morgan fingerprint density at radius 2 is 2.38 bits per heavy atom. The molecule has 4 nitrogen and oxygen atoms in total. The van der Waals surface area contributed by atoms with Crippen LogP contribution in [0.15, 0.2) is 24.5 Å². The van der Waals surface area contributed by atoms with Crippen molar-refractivity contribution in [2.45, 2.75) is 26.4 Å². The molecule has 2 aromatic rings. The molecule has 1 unspecified atom stereocenters. The van der Waals surface area contributed by atoms with Crippen LogP contribution in [0, 0.1) is 6.92 Å². The van der Waals surface area contributed by atoms with Crippen molar-refractivity contribution in [1.82, 2.24) is 20.3 Å². The summed E-state index contributed by atoms with van der Waals surface area (Å²) in [6, 6.07) is 4.75. The predicted molar refractivity (Wildman–Crippen MR) is 65.5 cm³/mol. The van der Waals surface area contributed by atoms with E-state index in [1.807, 2.05) is 22.2 Å². The van der Waals surface area contributed by atoms with E-state index >= 15 is 0 Å². The number of rotatable bonds is 5. The van der Waals surface area contributed by atoms with Crippen molar-refractivity contribution in [2.24, 2.45) is 0 Å². The summed E-state index contributed by atoms with van der Waals surface area (Å²) in [4.78, 5) is 2.75. The van der Waals surface area contributed by atoms with E-state index in [4.69, 9.17) is 0 Å². The van der Waals surface area contributed by atoms with Gasteiger partial charge in [0.15, 0.2) is 0 Å². The lowest BCUT2D eigenvalue weighted by molar-refractivity contribution is 0.502. The average Bonchev–Trinajstić information content (AvgIpc) is 2.89. The first-order valence-electron chi connectivity index (χ1n) is 5.39. The van der Waals surface area contributed by atoms with Gasteiger partial charge in [0, 0.05) is 28.5 Å². The fourth-order valence-electron chi connectivity index (χ4n) is 1.53. The summed E-state index contributed by atoms with van der Waals surface area (Å²) in [6.45, 7) is 6.08. The molecule has 1 N–H and O–H groups in total. The zero-order valence-electron chi connectivity index (χ0n) is 9.55. The molecular weight excluding hydrogens is 220 g/mol. The van der Waals surface area contributed by atoms with Crippen LogP contribution < -0.4 is 5.32 Å². The van der Waals surface area contributed by atoms with Gasteiger partial charge in [0.05, 0.1) is 12.7 Å². The molecule has 0 amide bonds. The number of aryl methyl sites for hydroxylation is 1.